The molecular weight excluding hydrogens is 282 g/mol. The Balaban J connectivity index is 2.28. The van der Waals surface area contributed by atoms with Crippen LogP contribution in [0.1, 0.15) is 35.2 Å². The molecule has 0 bridgehead atoms. The molecule has 0 atom stereocenters. The Kier molecular flexibility index (Phi) is 3.69. The molecule has 0 aliphatic carbocycles. The van der Waals surface area contributed by atoms with Gasteiger partial charge in [-0.05, 0) is 25.8 Å². The van der Waals surface area contributed by atoms with Gasteiger partial charge in [-0.1, -0.05) is 13.8 Å². The lowest BCUT2D eigenvalue weighted by Gasteiger charge is -2.04. The maximum atomic E-state index is 12.3. The molecular formula is C12H17N3O2S2. The number of thiophene rings is 1. The van der Waals surface area contributed by atoms with Crippen LogP contribution >= 0.6 is 11.3 Å². The van der Waals surface area contributed by atoms with Crippen LogP contribution in [0.15, 0.2) is 17.0 Å². The van der Waals surface area contributed by atoms with Gasteiger partial charge in [0.25, 0.3) is 10.0 Å². The molecule has 0 spiro atoms. The number of anilines is 1. The Labute approximate surface area is 117 Å². The number of H-pyrrole nitrogens is 1. The Bertz CT molecular complexity index is 684. The van der Waals surface area contributed by atoms with E-state index in [1.54, 1.807) is 19.1 Å². The molecule has 2 heterocycles. The summed E-state index contributed by atoms with van der Waals surface area (Å²) >= 11 is 1.47. The number of aromatic nitrogens is 2. The average Bonchev–Trinajstić information content (AvgIpc) is 2.85. The molecule has 0 unspecified atom stereocenters. The molecule has 2 aromatic heterocycles. The van der Waals surface area contributed by atoms with Crippen molar-refractivity contribution in [1.82, 2.24) is 10.2 Å². The second-order valence-corrected chi connectivity index (χ2v) is 7.86. The van der Waals surface area contributed by atoms with E-state index in [1.807, 2.05) is 20.8 Å². The van der Waals surface area contributed by atoms with Crippen molar-refractivity contribution in [2.24, 2.45) is 0 Å². The SMILES string of the molecule is Cc1cc(S(=O)(=O)Nc2cc(C(C)C)[nH]n2)c(C)s1. The van der Waals surface area contributed by atoms with E-state index in [1.165, 1.54) is 11.3 Å². The molecule has 0 amide bonds. The quantitative estimate of drug-likeness (QED) is 0.911. The van der Waals surface area contributed by atoms with Gasteiger partial charge in [-0.15, -0.1) is 11.3 Å². The highest BCUT2D eigenvalue weighted by Crippen LogP contribution is 2.26. The zero-order valence-electron chi connectivity index (χ0n) is 11.3. The first-order chi connectivity index (χ1) is 8.79. The minimum absolute atomic E-state index is 0.274. The lowest BCUT2D eigenvalue weighted by Crippen LogP contribution is -2.13. The van der Waals surface area contributed by atoms with E-state index in [-0.39, 0.29) is 5.92 Å². The van der Waals surface area contributed by atoms with Gasteiger partial charge in [-0.25, -0.2) is 8.42 Å². The predicted molar refractivity (Wildman–Crippen MR) is 77.3 cm³/mol. The van der Waals surface area contributed by atoms with Crippen LogP contribution in [0.25, 0.3) is 0 Å². The topological polar surface area (TPSA) is 74.8 Å². The molecule has 19 heavy (non-hydrogen) atoms. The number of nitrogens with zero attached hydrogens (tertiary/aromatic N) is 1. The van der Waals surface area contributed by atoms with Gasteiger partial charge in [-0.2, -0.15) is 5.10 Å². The van der Waals surface area contributed by atoms with Crippen LogP contribution in [-0.2, 0) is 10.0 Å². The van der Waals surface area contributed by atoms with Crippen LogP contribution < -0.4 is 4.72 Å². The summed E-state index contributed by atoms with van der Waals surface area (Å²) in [6, 6.07) is 3.40. The van der Waals surface area contributed by atoms with E-state index < -0.39 is 10.0 Å². The molecule has 104 valence electrons. The predicted octanol–water partition coefficient (Wildman–Crippen LogP) is 3.01. The summed E-state index contributed by atoms with van der Waals surface area (Å²) < 4.78 is 27.0. The van der Waals surface area contributed by atoms with E-state index >= 15 is 0 Å². The minimum Gasteiger partial charge on any atom is -0.280 e. The lowest BCUT2D eigenvalue weighted by molar-refractivity contribution is 0.601. The molecule has 2 aromatic rings. The molecule has 0 saturated heterocycles. The molecule has 0 radical (unpaired) electrons. The highest BCUT2D eigenvalue weighted by atomic mass is 32.2. The number of rotatable bonds is 4. The summed E-state index contributed by atoms with van der Waals surface area (Å²) in [5, 5.41) is 6.80. The first kappa shape index (κ1) is 14.1. The van der Waals surface area contributed by atoms with Crippen molar-refractivity contribution in [1.29, 1.82) is 0 Å². The van der Waals surface area contributed by atoms with Gasteiger partial charge in [0.2, 0.25) is 0 Å². The summed E-state index contributed by atoms with van der Waals surface area (Å²) in [6.07, 6.45) is 0. The molecule has 0 aliphatic rings. The van der Waals surface area contributed by atoms with Gasteiger partial charge in [0.05, 0.1) is 0 Å². The molecule has 5 nitrogen and oxygen atoms in total. The number of aromatic amines is 1. The van der Waals surface area contributed by atoms with Crippen molar-refractivity contribution in [2.45, 2.75) is 38.5 Å². The van der Waals surface area contributed by atoms with Gasteiger partial charge in [-0.3, -0.25) is 9.82 Å². The molecule has 2 rings (SSSR count). The van der Waals surface area contributed by atoms with Crippen LogP contribution in [0.2, 0.25) is 0 Å². The fourth-order valence-electron chi connectivity index (χ4n) is 1.75. The van der Waals surface area contributed by atoms with Crippen LogP contribution in [0.3, 0.4) is 0 Å². The number of hydrogen-bond donors (Lipinski definition) is 2. The van der Waals surface area contributed by atoms with Crippen molar-refractivity contribution in [3.8, 4) is 0 Å². The smallest absolute Gasteiger partial charge is 0.264 e. The molecule has 0 saturated carbocycles. The molecule has 7 heteroatoms. The van der Waals surface area contributed by atoms with Gasteiger partial charge < -0.3 is 0 Å². The Morgan fingerprint density at radius 3 is 2.47 bits per heavy atom. The van der Waals surface area contributed by atoms with Crippen molar-refractivity contribution in [3.05, 3.63) is 27.6 Å². The average molecular weight is 299 g/mol. The number of sulfonamides is 1. The van der Waals surface area contributed by atoms with Crippen molar-refractivity contribution in [3.63, 3.8) is 0 Å². The molecule has 0 aromatic carbocycles. The maximum Gasteiger partial charge on any atom is 0.264 e. The Morgan fingerprint density at radius 1 is 1.32 bits per heavy atom. The highest BCUT2D eigenvalue weighted by molar-refractivity contribution is 7.93. The zero-order valence-corrected chi connectivity index (χ0v) is 12.9. The summed E-state index contributed by atoms with van der Waals surface area (Å²) in [5.41, 5.74) is 0.899. The summed E-state index contributed by atoms with van der Waals surface area (Å²) in [7, 11) is -3.56. The van der Waals surface area contributed by atoms with Gasteiger partial charge in [0, 0.05) is 21.5 Å². The Morgan fingerprint density at radius 2 is 2.00 bits per heavy atom. The van der Waals surface area contributed by atoms with Crippen molar-refractivity contribution in [2.75, 3.05) is 4.72 Å². The van der Waals surface area contributed by atoms with Crippen LogP contribution in [-0.4, -0.2) is 18.6 Å². The number of aryl methyl sites for hydroxylation is 2. The Hall–Kier alpha value is -1.34. The third kappa shape index (κ3) is 2.98. The minimum atomic E-state index is -3.56. The molecule has 0 aliphatic heterocycles. The normalized spacial score (nSPS) is 12.1. The van der Waals surface area contributed by atoms with Gasteiger partial charge in [0.15, 0.2) is 5.82 Å². The highest BCUT2D eigenvalue weighted by Gasteiger charge is 2.20. The van der Waals surface area contributed by atoms with Crippen LogP contribution in [0.5, 0.6) is 0 Å². The van der Waals surface area contributed by atoms with E-state index in [2.05, 4.69) is 14.9 Å². The van der Waals surface area contributed by atoms with Gasteiger partial charge in [0.1, 0.15) is 4.90 Å². The first-order valence-corrected chi connectivity index (χ1v) is 8.24. The second kappa shape index (κ2) is 4.97. The van der Waals surface area contributed by atoms with E-state index in [0.717, 1.165) is 15.4 Å². The maximum absolute atomic E-state index is 12.3. The van der Waals surface area contributed by atoms with Crippen LogP contribution in [0, 0.1) is 13.8 Å². The third-order valence-electron chi connectivity index (χ3n) is 2.74. The van der Waals surface area contributed by atoms with Crippen molar-refractivity contribution < 1.29 is 8.42 Å². The van der Waals surface area contributed by atoms with E-state index in [4.69, 9.17) is 0 Å². The van der Waals surface area contributed by atoms with Gasteiger partial charge >= 0.3 is 0 Å². The second-order valence-electron chi connectivity index (χ2n) is 4.75. The van der Waals surface area contributed by atoms with E-state index in [9.17, 15) is 8.42 Å². The number of nitrogens with one attached hydrogen (secondary N) is 2. The third-order valence-corrected chi connectivity index (χ3v) is 5.32. The standard InChI is InChI=1S/C12H17N3O2S2/c1-7(2)10-6-12(14-13-10)15-19(16,17)11-5-8(3)18-9(11)4/h5-7H,1-4H3,(H2,13,14,15). The summed E-state index contributed by atoms with van der Waals surface area (Å²) in [4.78, 5) is 2.08. The monoisotopic (exact) mass is 299 g/mol. The van der Waals surface area contributed by atoms with E-state index in [0.29, 0.717) is 10.7 Å². The lowest BCUT2D eigenvalue weighted by atomic mass is 10.1. The fraction of sp³-hybridized carbons (Fsp3) is 0.417. The summed E-state index contributed by atoms with van der Waals surface area (Å²) in [6.45, 7) is 7.72. The first-order valence-electron chi connectivity index (χ1n) is 5.95. The zero-order chi connectivity index (χ0) is 14.2. The fourth-order valence-corrected chi connectivity index (χ4v) is 4.30. The largest absolute Gasteiger partial charge is 0.280 e. The molecule has 2 N–H and O–H groups in total. The van der Waals surface area contributed by atoms with Crippen molar-refractivity contribution >= 4 is 27.2 Å². The number of hydrogen-bond acceptors (Lipinski definition) is 4. The van der Waals surface area contributed by atoms with Crippen LogP contribution in [0.4, 0.5) is 5.82 Å². The molecule has 0 fully saturated rings. The summed E-state index contributed by atoms with van der Waals surface area (Å²) in [5.74, 6) is 0.600.